The quantitative estimate of drug-likeness (QED) is 0.729. The Labute approximate surface area is 97.6 Å². The Kier molecular flexibility index (Phi) is 3.74. The lowest BCUT2D eigenvalue weighted by molar-refractivity contribution is 0.111. The van der Waals surface area contributed by atoms with E-state index < -0.39 is 0 Å². The van der Waals surface area contributed by atoms with Crippen LogP contribution in [0.2, 0.25) is 0 Å². The zero-order valence-electron chi connectivity index (χ0n) is 10.8. The summed E-state index contributed by atoms with van der Waals surface area (Å²) in [6.07, 6.45) is 0.868. The molecule has 2 nitrogen and oxygen atoms in total. The molecule has 1 aromatic rings. The van der Waals surface area contributed by atoms with Crippen molar-refractivity contribution >= 4 is 6.29 Å². The summed E-state index contributed by atoms with van der Waals surface area (Å²) in [6.45, 7) is 10.9. The van der Waals surface area contributed by atoms with Crippen molar-refractivity contribution in [2.45, 2.75) is 40.0 Å². The molecule has 0 saturated heterocycles. The zero-order chi connectivity index (χ0) is 12.3. The van der Waals surface area contributed by atoms with Gasteiger partial charge in [-0.1, -0.05) is 26.8 Å². The first-order chi connectivity index (χ1) is 7.40. The van der Waals surface area contributed by atoms with E-state index in [1.807, 2.05) is 19.9 Å². The molecule has 0 amide bonds. The molecule has 1 rings (SSSR count). The minimum Gasteiger partial charge on any atom is -0.493 e. The molecule has 1 aromatic carbocycles. The van der Waals surface area contributed by atoms with Gasteiger partial charge in [-0.25, -0.2) is 0 Å². The van der Waals surface area contributed by atoms with Crippen LogP contribution in [0.4, 0.5) is 0 Å². The Morgan fingerprint density at radius 3 is 2.38 bits per heavy atom. The topological polar surface area (TPSA) is 26.3 Å². The summed E-state index contributed by atoms with van der Waals surface area (Å²) >= 11 is 0. The number of aldehydes is 1. The fourth-order valence-electron chi connectivity index (χ4n) is 1.75. The lowest BCUT2D eigenvalue weighted by Gasteiger charge is -2.24. The lowest BCUT2D eigenvalue weighted by atomic mass is 9.84. The van der Waals surface area contributed by atoms with Crippen molar-refractivity contribution in [3.8, 4) is 5.75 Å². The van der Waals surface area contributed by atoms with Crippen LogP contribution >= 0.6 is 0 Å². The highest BCUT2D eigenvalue weighted by molar-refractivity contribution is 5.81. The van der Waals surface area contributed by atoms with Crippen molar-refractivity contribution in [2.24, 2.45) is 0 Å². The van der Waals surface area contributed by atoms with Crippen LogP contribution in [0.25, 0.3) is 0 Å². The molecule has 0 saturated carbocycles. The number of carbonyl (C=O) groups is 1. The van der Waals surface area contributed by atoms with Gasteiger partial charge in [-0.2, -0.15) is 0 Å². The summed E-state index contributed by atoms with van der Waals surface area (Å²) in [5.41, 5.74) is 2.81. The Hall–Kier alpha value is -1.31. The molecule has 0 atom stereocenters. The first-order valence-electron chi connectivity index (χ1n) is 5.63. The maximum Gasteiger partial charge on any atom is 0.153 e. The molecule has 88 valence electrons. The highest BCUT2D eigenvalue weighted by atomic mass is 16.5. The number of hydrogen-bond acceptors (Lipinski definition) is 2. The van der Waals surface area contributed by atoms with Gasteiger partial charge in [-0.15, -0.1) is 0 Å². The van der Waals surface area contributed by atoms with Gasteiger partial charge in [0.15, 0.2) is 6.29 Å². The van der Waals surface area contributed by atoms with Crippen molar-refractivity contribution in [1.29, 1.82) is 0 Å². The summed E-state index contributed by atoms with van der Waals surface area (Å²) in [6, 6.07) is 3.96. The molecular weight excluding hydrogens is 200 g/mol. The molecular formula is C14H20O2. The largest absolute Gasteiger partial charge is 0.493 e. The minimum absolute atomic E-state index is 0.0196. The fourth-order valence-corrected chi connectivity index (χ4v) is 1.75. The van der Waals surface area contributed by atoms with E-state index in [-0.39, 0.29) is 5.41 Å². The van der Waals surface area contributed by atoms with Crippen molar-refractivity contribution in [3.63, 3.8) is 0 Å². The average Bonchev–Trinajstić information content (AvgIpc) is 2.18. The molecule has 0 bridgehead atoms. The van der Waals surface area contributed by atoms with Crippen LogP contribution in [0, 0.1) is 6.92 Å². The Bertz CT molecular complexity index is 386. The predicted molar refractivity (Wildman–Crippen MR) is 66.4 cm³/mol. The van der Waals surface area contributed by atoms with Crippen LogP contribution in [0.1, 0.15) is 49.2 Å². The van der Waals surface area contributed by atoms with Crippen LogP contribution in [0.15, 0.2) is 12.1 Å². The molecule has 0 N–H and O–H groups in total. The van der Waals surface area contributed by atoms with Gasteiger partial charge < -0.3 is 4.74 Å². The third kappa shape index (κ3) is 2.63. The number of hydrogen-bond donors (Lipinski definition) is 0. The van der Waals surface area contributed by atoms with E-state index in [0.717, 1.165) is 23.2 Å². The Balaban J connectivity index is 3.44. The van der Waals surface area contributed by atoms with E-state index in [0.29, 0.717) is 12.2 Å². The van der Waals surface area contributed by atoms with Crippen LogP contribution < -0.4 is 4.74 Å². The maximum absolute atomic E-state index is 11.1. The Morgan fingerprint density at radius 2 is 1.94 bits per heavy atom. The highest BCUT2D eigenvalue weighted by Gasteiger charge is 2.21. The molecule has 0 aliphatic heterocycles. The standard InChI is InChI=1S/C14H20O2/c1-6-16-13-11(9-15)7-10(2)8-12(13)14(3,4)5/h7-9H,6H2,1-5H3. The monoisotopic (exact) mass is 220 g/mol. The fraction of sp³-hybridized carbons (Fsp3) is 0.500. The lowest BCUT2D eigenvalue weighted by Crippen LogP contribution is -2.15. The van der Waals surface area contributed by atoms with Gasteiger partial charge >= 0.3 is 0 Å². The number of benzene rings is 1. The van der Waals surface area contributed by atoms with Crippen molar-refractivity contribution < 1.29 is 9.53 Å². The summed E-state index contributed by atoms with van der Waals surface area (Å²) in [4.78, 5) is 11.1. The first-order valence-corrected chi connectivity index (χ1v) is 5.63. The van der Waals surface area contributed by atoms with Gasteiger partial charge in [0.1, 0.15) is 5.75 Å². The van der Waals surface area contributed by atoms with Gasteiger partial charge in [0.25, 0.3) is 0 Å². The normalized spacial score (nSPS) is 11.3. The van der Waals surface area contributed by atoms with E-state index >= 15 is 0 Å². The third-order valence-electron chi connectivity index (χ3n) is 2.49. The molecule has 0 unspecified atom stereocenters. The van der Waals surface area contributed by atoms with E-state index in [1.165, 1.54) is 0 Å². The average molecular weight is 220 g/mol. The minimum atomic E-state index is -0.0196. The van der Waals surface area contributed by atoms with E-state index in [4.69, 9.17) is 4.74 Å². The first kappa shape index (κ1) is 12.8. The molecule has 0 aliphatic rings. The summed E-state index contributed by atoms with van der Waals surface area (Å²) < 4.78 is 5.61. The summed E-state index contributed by atoms with van der Waals surface area (Å²) in [5.74, 6) is 0.732. The van der Waals surface area contributed by atoms with Gasteiger partial charge in [0, 0.05) is 5.56 Å². The molecule has 0 radical (unpaired) electrons. The Morgan fingerprint density at radius 1 is 1.31 bits per heavy atom. The van der Waals surface area contributed by atoms with Crippen LogP contribution in [-0.4, -0.2) is 12.9 Å². The number of aryl methyl sites for hydroxylation is 1. The second-order valence-corrected chi connectivity index (χ2v) is 5.03. The third-order valence-corrected chi connectivity index (χ3v) is 2.49. The SMILES string of the molecule is CCOc1c(C=O)cc(C)cc1C(C)(C)C. The van der Waals surface area contributed by atoms with Gasteiger partial charge in [0.05, 0.1) is 12.2 Å². The molecule has 16 heavy (non-hydrogen) atoms. The van der Waals surface area contributed by atoms with E-state index in [1.54, 1.807) is 0 Å². The number of rotatable bonds is 3. The summed E-state index contributed by atoms with van der Waals surface area (Å²) in [7, 11) is 0. The van der Waals surface area contributed by atoms with Crippen molar-refractivity contribution in [3.05, 3.63) is 28.8 Å². The van der Waals surface area contributed by atoms with Gasteiger partial charge in [-0.05, 0) is 30.9 Å². The smallest absolute Gasteiger partial charge is 0.153 e. The van der Waals surface area contributed by atoms with E-state index in [2.05, 4.69) is 26.8 Å². The van der Waals surface area contributed by atoms with Gasteiger partial charge in [0.2, 0.25) is 0 Å². The van der Waals surface area contributed by atoms with Crippen LogP contribution in [0.3, 0.4) is 0 Å². The van der Waals surface area contributed by atoms with E-state index in [9.17, 15) is 4.79 Å². The molecule has 0 spiro atoms. The predicted octanol–water partition coefficient (Wildman–Crippen LogP) is 3.50. The maximum atomic E-state index is 11.1. The molecule has 0 aromatic heterocycles. The highest BCUT2D eigenvalue weighted by Crippen LogP contribution is 2.34. The molecule has 0 aliphatic carbocycles. The zero-order valence-corrected chi connectivity index (χ0v) is 10.8. The second-order valence-electron chi connectivity index (χ2n) is 5.03. The van der Waals surface area contributed by atoms with Crippen LogP contribution in [-0.2, 0) is 5.41 Å². The number of carbonyl (C=O) groups excluding carboxylic acids is 1. The summed E-state index contributed by atoms with van der Waals surface area (Å²) in [5, 5.41) is 0. The second kappa shape index (κ2) is 4.69. The number of ether oxygens (including phenoxy) is 1. The molecule has 0 heterocycles. The molecule has 0 fully saturated rings. The van der Waals surface area contributed by atoms with Gasteiger partial charge in [-0.3, -0.25) is 4.79 Å². The van der Waals surface area contributed by atoms with Crippen LogP contribution in [0.5, 0.6) is 5.75 Å². The molecule has 2 heteroatoms. The van der Waals surface area contributed by atoms with Crippen molar-refractivity contribution in [1.82, 2.24) is 0 Å². The van der Waals surface area contributed by atoms with Crippen molar-refractivity contribution in [2.75, 3.05) is 6.61 Å².